The number of fused-ring (bicyclic) bond motifs is 1. The molecule has 1 amide bonds. The van der Waals surface area contributed by atoms with E-state index in [-0.39, 0.29) is 18.2 Å². The summed E-state index contributed by atoms with van der Waals surface area (Å²) in [7, 11) is 0. The minimum atomic E-state index is -4.73. The summed E-state index contributed by atoms with van der Waals surface area (Å²) in [6.45, 7) is 3.62. The number of carbonyl (C=O) groups excluding carboxylic acids is 1. The average Bonchev–Trinajstić information content (AvgIpc) is 3.26. The smallest absolute Gasteiger partial charge is 0.351 e. The zero-order valence-corrected chi connectivity index (χ0v) is 16.4. The van der Waals surface area contributed by atoms with Crippen molar-refractivity contribution in [2.75, 3.05) is 0 Å². The molecule has 2 N–H and O–H groups in total. The molecule has 30 heavy (non-hydrogen) atoms. The van der Waals surface area contributed by atoms with Crippen LogP contribution in [-0.4, -0.2) is 30.7 Å². The number of aryl methyl sites for hydroxylation is 1. The van der Waals surface area contributed by atoms with E-state index < -0.39 is 18.1 Å². The zero-order valence-electron chi connectivity index (χ0n) is 15.6. The number of pyridine rings is 2. The minimum Gasteiger partial charge on any atom is -0.351 e. The summed E-state index contributed by atoms with van der Waals surface area (Å²) in [4.78, 5) is 23.6. The molecule has 4 aromatic rings. The van der Waals surface area contributed by atoms with Crippen molar-refractivity contribution in [2.24, 2.45) is 5.73 Å². The van der Waals surface area contributed by atoms with Crippen molar-refractivity contribution in [1.82, 2.24) is 24.7 Å². The SMILES string of the molecule is Cc1c(C)n(C(N)=O)c2cnc(-c3cc(-c4noc(C(F)(F)F)n4)ccn3)cc12.Cl. The van der Waals surface area contributed by atoms with Crippen LogP contribution in [0.2, 0.25) is 0 Å². The van der Waals surface area contributed by atoms with Gasteiger partial charge >= 0.3 is 18.1 Å². The van der Waals surface area contributed by atoms with E-state index in [0.29, 0.717) is 28.2 Å². The second kappa shape index (κ2) is 7.41. The van der Waals surface area contributed by atoms with Crippen molar-refractivity contribution in [3.63, 3.8) is 0 Å². The Morgan fingerprint density at radius 3 is 2.50 bits per heavy atom. The molecule has 0 aliphatic carbocycles. The number of aromatic nitrogens is 5. The molecule has 0 aliphatic heterocycles. The lowest BCUT2D eigenvalue weighted by molar-refractivity contribution is -0.159. The maximum Gasteiger partial charge on any atom is 0.471 e. The maximum absolute atomic E-state index is 12.7. The summed E-state index contributed by atoms with van der Waals surface area (Å²) >= 11 is 0. The Balaban J connectivity index is 0.00000256. The highest BCUT2D eigenvalue weighted by atomic mass is 35.5. The third kappa shape index (κ3) is 3.47. The molecule has 12 heteroatoms. The molecule has 0 saturated heterocycles. The molecular weight excluding hydrogens is 425 g/mol. The summed E-state index contributed by atoms with van der Waals surface area (Å²) < 4.78 is 43.7. The van der Waals surface area contributed by atoms with Crippen molar-refractivity contribution in [3.05, 3.63) is 47.7 Å². The first-order chi connectivity index (χ1) is 13.7. The number of rotatable bonds is 2. The summed E-state index contributed by atoms with van der Waals surface area (Å²) in [6, 6.07) is 4.09. The second-order valence-electron chi connectivity index (χ2n) is 6.32. The van der Waals surface area contributed by atoms with Crippen LogP contribution in [0.4, 0.5) is 18.0 Å². The Morgan fingerprint density at radius 2 is 1.87 bits per heavy atom. The minimum absolute atomic E-state index is 0. The first kappa shape index (κ1) is 21.2. The van der Waals surface area contributed by atoms with Crippen molar-refractivity contribution in [2.45, 2.75) is 20.0 Å². The van der Waals surface area contributed by atoms with E-state index in [4.69, 9.17) is 5.73 Å². The van der Waals surface area contributed by atoms with Gasteiger partial charge < -0.3 is 10.3 Å². The molecule has 8 nitrogen and oxygen atoms in total. The fraction of sp³-hybridized carbons (Fsp3) is 0.167. The molecule has 4 rings (SSSR count). The fourth-order valence-electron chi connectivity index (χ4n) is 3.06. The lowest BCUT2D eigenvalue weighted by atomic mass is 10.1. The van der Waals surface area contributed by atoms with Crippen LogP contribution in [0.15, 0.2) is 35.1 Å². The molecular formula is C18H14ClF3N6O2. The molecule has 156 valence electrons. The highest BCUT2D eigenvalue weighted by Crippen LogP contribution is 2.31. The monoisotopic (exact) mass is 438 g/mol. The number of nitrogens with zero attached hydrogens (tertiary/aromatic N) is 5. The van der Waals surface area contributed by atoms with Crippen molar-refractivity contribution < 1.29 is 22.5 Å². The van der Waals surface area contributed by atoms with Gasteiger partial charge in [0, 0.05) is 22.8 Å². The van der Waals surface area contributed by atoms with Crippen LogP contribution in [-0.2, 0) is 6.18 Å². The van der Waals surface area contributed by atoms with Gasteiger partial charge in [-0.2, -0.15) is 18.2 Å². The van der Waals surface area contributed by atoms with Crippen LogP contribution in [0.25, 0.3) is 33.7 Å². The average molecular weight is 439 g/mol. The molecule has 0 radical (unpaired) electrons. The number of carbonyl (C=O) groups is 1. The molecule has 4 heterocycles. The lowest BCUT2D eigenvalue weighted by Crippen LogP contribution is -2.20. The summed E-state index contributed by atoms with van der Waals surface area (Å²) in [6.07, 6.45) is -1.82. The van der Waals surface area contributed by atoms with Gasteiger partial charge in [0.1, 0.15) is 0 Å². The summed E-state index contributed by atoms with van der Waals surface area (Å²) in [5, 5.41) is 4.14. The Morgan fingerprint density at radius 1 is 1.17 bits per heavy atom. The third-order valence-electron chi connectivity index (χ3n) is 4.58. The highest BCUT2D eigenvalue weighted by Gasteiger charge is 2.38. The standard InChI is InChI=1S/C18H13F3N6O2.ClH/c1-8-9(2)27(17(22)28)14-7-24-13(6-11(8)14)12-5-10(3-4-23-12)15-25-16(29-26-15)18(19,20)21;/h3-7H,1-2H3,(H2,22,28);1H. The molecule has 0 fully saturated rings. The molecule has 0 atom stereocenters. The number of halogens is 4. The van der Waals surface area contributed by atoms with Crippen LogP contribution < -0.4 is 5.73 Å². The highest BCUT2D eigenvalue weighted by molar-refractivity contribution is 5.95. The zero-order chi connectivity index (χ0) is 20.9. The first-order valence-corrected chi connectivity index (χ1v) is 8.32. The van der Waals surface area contributed by atoms with E-state index in [1.807, 2.05) is 6.92 Å². The molecule has 0 saturated carbocycles. The van der Waals surface area contributed by atoms with Crippen molar-refractivity contribution >= 4 is 29.3 Å². The topological polar surface area (TPSA) is 113 Å². The first-order valence-electron chi connectivity index (χ1n) is 8.32. The normalized spacial score (nSPS) is 11.5. The van der Waals surface area contributed by atoms with Gasteiger partial charge in [0.25, 0.3) is 0 Å². The van der Waals surface area contributed by atoms with Gasteiger partial charge in [-0.25, -0.2) is 4.79 Å². The van der Waals surface area contributed by atoms with E-state index in [2.05, 4.69) is 24.6 Å². The number of nitrogens with two attached hydrogens (primary N) is 1. The van der Waals surface area contributed by atoms with Gasteiger partial charge in [-0.3, -0.25) is 14.5 Å². The summed E-state index contributed by atoms with van der Waals surface area (Å²) in [5.41, 5.74) is 8.69. The van der Waals surface area contributed by atoms with Gasteiger partial charge in [0.2, 0.25) is 5.82 Å². The van der Waals surface area contributed by atoms with Crippen molar-refractivity contribution in [3.8, 4) is 22.8 Å². The molecule has 0 aliphatic rings. The number of amides is 1. The van der Waals surface area contributed by atoms with Gasteiger partial charge in [0.05, 0.1) is 23.1 Å². The molecule has 4 aromatic heterocycles. The Bertz CT molecular complexity index is 1260. The van der Waals surface area contributed by atoms with E-state index in [9.17, 15) is 18.0 Å². The number of primary amides is 1. The van der Waals surface area contributed by atoms with Gasteiger partial charge in [0.15, 0.2) is 0 Å². The van der Waals surface area contributed by atoms with Crippen LogP contribution >= 0.6 is 12.4 Å². The van der Waals surface area contributed by atoms with Crippen LogP contribution in [0.1, 0.15) is 17.1 Å². The summed E-state index contributed by atoms with van der Waals surface area (Å²) in [5.74, 6) is -1.64. The largest absolute Gasteiger partial charge is 0.471 e. The van der Waals surface area contributed by atoms with Crippen LogP contribution in [0.5, 0.6) is 0 Å². The van der Waals surface area contributed by atoms with E-state index in [1.54, 1.807) is 13.0 Å². The Kier molecular flexibility index (Phi) is 5.25. The quantitative estimate of drug-likeness (QED) is 0.503. The fourth-order valence-corrected chi connectivity index (χ4v) is 3.06. The van der Waals surface area contributed by atoms with Crippen LogP contribution in [0.3, 0.4) is 0 Å². The van der Waals surface area contributed by atoms with Gasteiger partial charge in [-0.05, 0) is 37.6 Å². The Hall–Kier alpha value is -3.47. The Labute approximate surface area is 173 Å². The van der Waals surface area contributed by atoms with E-state index in [1.165, 1.54) is 29.1 Å². The van der Waals surface area contributed by atoms with Crippen molar-refractivity contribution in [1.29, 1.82) is 0 Å². The third-order valence-corrected chi connectivity index (χ3v) is 4.58. The van der Waals surface area contributed by atoms with E-state index in [0.717, 1.165) is 10.9 Å². The van der Waals surface area contributed by atoms with Crippen LogP contribution in [0, 0.1) is 13.8 Å². The predicted molar refractivity (Wildman–Crippen MR) is 103 cm³/mol. The van der Waals surface area contributed by atoms with Gasteiger partial charge in [-0.1, -0.05) is 5.16 Å². The molecule has 0 bridgehead atoms. The second-order valence-corrected chi connectivity index (χ2v) is 6.32. The molecule has 0 unspecified atom stereocenters. The van der Waals surface area contributed by atoms with E-state index >= 15 is 0 Å². The maximum atomic E-state index is 12.7. The molecule has 0 spiro atoms. The number of hydrogen-bond acceptors (Lipinski definition) is 6. The predicted octanol–water partition coefficient (Wildman–Crippen LogP) is 4.13. The lowest BCUT2D eigenvalue weighted by Gasteiger charge is -2.04. The van der Waals surface area contributed by atoms with Gasteiger partial charge in [-0.15, -0.1) is 12.4 Å². The molecule has 0 aromatic carbocycles. The number of hydrogen-bond donors (Lipinski definition) is 1. The number of alkyl halides is 3.